The summed E-state index contributed by atoms with van der Waals surface area (Å²) in [6.45, 7) is -0.578. The maximum atomic E-state index is 13.4. The summed E-state index contributed by atoms with van der Waals surface area (Å²) >= 11 is 0. The number of rotatable bonds is 2. The molecule has 0 bridgehead atoms. The maximum absolute atomic E-state index is 13.4. The van der Waals surface area contributed by atoms with E-state index in [1.54, 1.807) is 0 Å². The van der Waals surface area contributed by atoms with Crippen molar-refractivity contribution in [3.05, 3.63) is 22.7 Å². The summed E-state index contributed by atoms with van der Waals surface area (Å²) < 4.78 is 19.4. The van der Waals surface area contributed by atoms with Gasteiger partial charge >= 0.3 is 5.69 Å². The Morgan fingerprint density at radius 1 is 1.65 bits per heavy atom. The normalized spacial score (nSPS) is 32.9. The first kappa shape index (κ1) is 12.0. The van der Waals surface area contributed by atoms with Gasteiger partial charge in [0.2, 0.25) is 0 Å². The van der Waals surface area contributed by atoms with Gasteiger partial charge in [0.1, 0.15) is 18.0 Å². The summed E-state index contributed by atoms with van der Waals surface area (Å²) in [7, 11) is 0. The van der Waals surface area contributed by atoms with E-state index in [9.17, 15) is 14.3 Å². The number of ether oxygens (including phenoxy) is 1. The molecule has 0 saturated carbocycles. The van der Waals surface area contributed by atoms with Gasteiger partial charge < -0.3 is 20.7 Å². The molecule has 0 unspecified atom stereocenters. The molecule has 2 rings (SSSR count). The summed E-state index contributed by atoms with van der Waals surface area (Å²) in [4.78, 5) is 14.9. The van der Waals surface area contributed by atoms with Crippen LogP contribution in [0.1, 0.15) is 6.23 Å². The van der Waals surface area contributed by atoms with Crippen LogP contribution in [0.3, 0.4) is 0 Å². The number of hydrogen-bond acceptors (Lipinski definition) is 6. The number of aliphatic hydroxyl groups is 2. The van der Waals surface area contributed by atoms with E-state index in [1.165, 1.54) is 12.3 Å². The topological polar surface area (TPSA) is 111 Å². The van der Waals surface area contributed by atoms with E-state index < -0.39 is 36.9 Å². The monoisotopic (exact) mass is 245 g/mol. The van der Waals surface area contributed by atoms with Gasteiger partial charge in [0.05, 0.1) is 6.61 Å². The van der Waals surface area contributed by atoms with Crippen LogP contribution in [0, 0.1) is 0 Å². The van der Waals surface area contributed by atoms with Crippen LogP contribution >= 0.6 is 0 Å². The molecule has 0 aliphatic carbocycles. The molecule has 8 heteroatoms. The van der Waals surface area contributed by atoms with Gasteiger partial charge in [-0.3, -0.25) is 4.57 Å². The number of alkyl halides is 1. The molecule has 1 saturated heterocycles. The van der Waals surface area contributed by atoms with Crippen molar-refractivity contribution in [2.24, 2.45) is 0 Å². The minimum absolute atomic E-state index is 0.0224. The minimum Gasteiger partial charge on any atom is -0.394 e. The molecule has 4 atom stereocenters. The van der Waals surface area contributed by atoms with Crippen LogP contribution in [0.2, 0.25) is 0 Å². The Kier molecular flexibility index (Phi) is 3.09. The highest BCUT2D eigenvalue weighted by Crippen LogP contribution is 2.30. The fraction of sp³-hybridized carbons (Fsp3) is 0.556. The molecular weight excluding hydrogens is 233 g/mol. The van der Waals surface area contributed by atoms with Crippen LogP contribution in [0.15, 0.2) is 17.1 Å². The molecule has 94 valence electrons. The van der Waals surface area contributed by atoms with Crippen molar-refractivity contribution in [2.75, 3.05) is 12.3 Å². The summed E-state index contributed by atoms with van der Waals surface area (Å²) in [6.07, 6.45) is -4.39. The lowest BCUT2D eigenvalue weighted by molar-refractivity contribution is -0.0536. The molecule has 7 nitrogen and oxygen atoms in total. The molecule has 2 heterocycles. The van der Waals surface area contributed by atoms with E-state index in [4.69, 9.17) is 15.6 Å². The zero-order valence-electron chi connectivity index (χ0n) is 8.73. The Bertz CT molecular complexity index is 466. The van der Waals surface area contributed by atoms with Gasteiger partial charge in [0.25, 0.3) is 0 Å². The molecule has 4 N–H and O–H groups in total. The number of anilines is 1. The number of halogens is 1. The van der Waals surface area contributed by atoms with Crippen molar-refractivity contribution >= 4 is 5.82 Å². The van der Waals surface area contributed by atoms with E-state index in [2.05, 4.69) is 4.98 Å². The molecule has 0 radical (unpaired) electrons. The van der Waals surface area contributed by atoms with E-state index in [0.717, 1.165) is 4.57 Å². The predicted molar refractivity (Wildman–Crippen MR) is 54.8 cm³/mol. The number of aliphatic hydroxyl groups excluding tert-OH is 2. The van der Waals surface area contributed by atoms with Crippen molar-refractivity contribution in [3.8, 4) is 0 Å². The van der Waals surface area contributed by atoms with Gasteiger partial charge in [-0.25, -0.2) is 9.18 Å². The lowest BCUT2D eigenvalue weighted by atomic mass is 10.1. The fourth-order valence-corrected chi connectivity index (χ4v) is 1.71. The quantitative estimate of drug-likeness (QED) is 0.579. The van der Waals surface area contributed by atoms with Gasteiger partial charge in [-0.1, -0.05) is 0 Å². The molecule has 1 aromatic heterocycles. The average molecular weight is 245 g/mol. The van der Waals surface area contributed by atoms with Crippen LogP contribution < -0.4 is 11.4 Å². The number of aromatic nitrogens is 2. The van der Waals surface area contributed by atoms with E-state index in [1.807, 2.05) is 0 Å². The molecule has 1 aliphatic rings. The second kappa shape index (κ2) is 4.40. The summed E-state index contributed by atoms with van der Waals surface area (Å²) in [5.74, 6) is 0.0224. The Hall–Kier alpha value is -1.51. The van der Waals surface area contributed by atoms with Crippen molar-refractivity contribution < 1.29 is 19.3 Å². The zero-order chi connectivity index (χ0) is 12.6. The third kappa shape index (κ3) is 2.02. The molecule has 1 aromatic rings. The summed E-state index contributed by atoms with van der Waals surface area (Å²) in [6, 6.07) is 1.33. The van der Waals surface area contributed by atoms with Gasteiger partial charge in [-0.05, 0) is 6.07 Å². The second-order valence-corrected chi connectivity index (χ2v) is 3.72. The lowest BCUT2D eigenvalue weighted by Crippen LogP contribution is -2.34. The van der Waals surface area contributed by atoms with Crippen molar-refractivity contribution in [2.45, 2.75) is 24.6 Å². The summed E-state index contributed by atoms with van der Waals surface area (Å²) in [5.41, 5.74) is 4.55. The Morgan fingerprint density at radius 2 is 2.35 bits per heavy atom. The highest BCUT2D eigenvalue weighted by Gasteiger charge is 2.45. The van der Waals surface area contributed by atoms with E-state index >= 15 is 0 Å². The fourth-order valence-electron chi connectivity index (χ4n) is 1.71. The van der Waals surface area contributed by atoms with Gasteiger partial charge in [0, 0.05) is 6.20 Å². The second-order valence-electron chi connectivity index (χ2n) is 3.72. The Balaban J connectivity index is 2.32. The highest BCUT2D eigenvalue weighted by molar-refractivity contribution is 5.23. The molecular formula is C9H12FN3O4. The molecule has 17 heavy (non-hydrogen) atoms. The molecule has 0 aromatic carbocycles. The first-order valence-corrected chi connectivity index (χ1v) is 4.97. The summed E-state index contributed by atoms with van der Waals surface area (Å²) in [5, 5.41) is 18.4. The molecule has 1 aliphatic heterocycles. The number of hydrogen-bond donors (Lipinski definition) is 3. The predicted octanol–water partition coefficient (Wildman–Crippen LogP) is -1.59. The van der Waals surface area contributed by atoms with Crippen LogP contribution in [-0.2, 0) is 4.74 Å². The highest BCUT2D eigenvalue weighted by atomic mass is 19.1. The molecule has 0 amide bonds. The van der Waals surface area contributed by atoms with E-state index in [0.29, 0.717) is 0 Å². The van der Waals surface area contributed by atoms with Gasteiger partial charge in [-0.2, -0.15) is 4.98 Å². The van der Waals surface area contributed by atoms with E-state index in [-0.39, 0.29) is 5.82 Å². The smallest absolute Gasteiger partial charge is 0.351 e. The van der Waals surface area contributed by atoms with Gasteiger partial charge in [-0.15, -0.1) is 0 Å². The number of nitrogens with two attached hydrogens (primary N) is 1. The van der Waals surface area contributed by atoms with Crippen LogP contribution in [0.5, 0.6) is 0 Å². The van der Waals surface area contributed by atoms with Crippen molar-refractivity contribution in [1.29, 1.82) is 0 Å². The number of nitrogens with zero attached hydrogens (tertiary/aromatic N) is 2. The minimum atomic E-state index is -1.76. The lowest BCUT2D eigenvalue weighted by Gasteiger charge is -2.16. The third-order valence-electron chi connectivity index (χ3n) is 2.59. The first-order valence-electron chi connectivity index (χ1n) is 4.97. The standard InChI is InChI=1S/C9H12FN3O4/c10-6-4(3-14)17-8(7(6)15)13-2-1-5(11)12-9(13)16/h1-2,4,6-8,14-15H,3H2,(H2,11,12,16)/t4-,6-,7+,8-/m1/s1. The first-order chi connectivity index (χ1) is 8.04. The SMILES string of the molecule is Nc1ccn([C@@H]2O[C@H](CO)[C@@H](F)[C@@H]2O)c(=O)n1. The largest absolute Gasteiger partial charge is 0.394 e. The molecule has 1 fully saturated rings. The zero-order valence-corrected chi connectivity index (χ0v) is 8.73. The third-order valence-corrected chi connectivity index (χ3v) is 2.59. The average Bonchev–Trinajstić information content (AvgIpc) is 2.57. The van der Waals surface area contributed by atoms with Crippen LogP contribution in [-0.4, -0.2) is 44.8 Å². The Morgan fingerprint density at radius 3 is 2.88 bits per heavy atom. The maximum Gasteiger partial charge on any atom is 0.351 e. The van der Waals surface area contributed by atoms with Gasteiger partial charge in [0.15, 0.2) is 12.4 Å². The Labute approximate surface area is 95.3 Å². The molecule has 0 spiro atoms. The van der Waals surface area contributed by atoms with Crippen molar-refractivity contribution in [3.63, 3.8) is 0 Å². The van der Waals surface area contributed by atoms with Crippen LogP contribution in [0.4, 0.5) is 10.2 Å². The van der Waals surface area contributed by atoms with Crippen LogP contribution in [0.25, 0.3) is 0 Å². The number of nitrogen functional groups attached to an aromatic ring is 1. The van der Waals surface area contributed by atoms with Crippen molar-refractivity contribution in [1.82, 2.24) is 9.55 Å².